The van der Waals surface area contributed by atoms with Gasteiger partial charge in [0.25, 0.3) is 0 Å². The summed E-state index contributed by atoms with van der Waals surface area (Å²) in [7, 11) is 1.38. The SMILES string of the molecule is COC(=O)C(C)(C)Nc1ccccc1OC(C)C. The van der Waals surface area contributed by atoms with Gasteiger partial charge >= 0.3 is 5.97 Å². The Hall–Kier alpha value is -1.71. The second-order valence-electron chi connectivity index (χ2n) is 4.90. The van der Waals surface area contributed by atoms with Crippen LogP contribution >= 0.6 is 0 Å². The van der Waals surface area contributed by atoms with Gasteiger partial charge in [0.15, 0.2) is 0 Å². The molecule has 100 valence electrons. The van der Waals surface area contributed by atoms with Crippen molar-refractivity contribution in [2.75, 3.05) is 12.4 Å². The minimum absolute atomic E-state index is 0.0780. The molecule has 0 saturated carbocycles. The Morgan fingerprint density at radius 3 is 2.44 bits per heavy atom. The molecule has 1 aromatic carbocycles. The molecule has 18 heavy (non-hydrogen) atoms. The number of hydrogen-bond acceptors (Lipinski definition) is 4. The highest BCUT2D eigenvalue weighted by Gasteiger charge is 2.29. The number of para-hydroxylation sites is 2. The van der Waals surface area contributed by atoms with Crippen molar-refractivity contribution in [1.82, 2.24) is 0 Å². The minimum Gasteiger partial charge on any atom is -0.489 e. The molecular formula is C14H21NO3. The van der Waals surface area contributed by atoms with E-state index in [2.05, 4.69) is 5.32 Å². The Morgan fingerprint density at radius 2 is 1.89 bits per heavy atom. The van der Waals surface area contributed by atoms with Gasteiger partial charge in [0.05, 0.1) is 18.9 Å². The normalized spacial score (nSPS) is 11.2. The molecule has 0 aliphatic heterocycles. The predicted molar refractivity (Wildman–Crippen MR) is 71.9 cm³/mol. The Kier molecular flexibility index (Phi) is 4.59. The number of benzene rings is 1. The van der Waals surface area contributed by atoms with Crippen molar-refractivity contribution in [3.63, 3.8) is 0 Å². The first-order chi connectivity index (χ1) is 8.36. The highest BCUT2D eigenvalue weighted by Crippen LogP contribution is 2.28. The second-order valence-corrected chi connectivity index (χ2v) is 4.90. The zero-order valence-corrected chi connectivity index (χ0v) is 11.6. The van der Waals surface area contributed by atoms with E-state index in [0.29, 0.717) is 0 Å². The highest BCUT2D eigenvalue weighted by atomic mass is 16.5. The topological polar surface area (TPSA) is 47.6 Å². The molecule has 0 amide bonds. The van der Waals surface area contributed by atoms with E-state index in [0.717, 1.165) is 11.4 Å². The highest BCUT2D eigenvalue weighted by molar-refractivity contribution is 5.84. The molecular weight excluding hydrogens is 230 g/mol. The Bertz CT molecular complexity index is 413. The maximum Gasteiger partial charge on any atom is 0.330 e. The fraction of sp³-hybridized carbons (Fsp3) is 0.500. The van der Waals surface area contributed by atoms with Crippen LogP contribution in [0.2, 0.25) is 0 Å². The largest absolute Gasteiger partial charge is 0.489 e. The number of nitrogens with one attached hydrogen (secondary N) is 1. The molecule has 0 spiro atoms. The van der Waals surface area contributed by atoms with Crippen LogP contribution in [0, 0.1) is 0 Å². The number of esters is 1. The summed E-state index contributed by atoms with van der Waals surface area (Å²) in [6, 6.07) is 7.54. The maximum absolute atomic E-state index is 11.6. The van der Waals surface area contributed by atoms with Crippen LogP contribution < -0.4 is 10.1 Å². The van der Waals surface area contributed by atoms with Gasteiger partial charge in [0, 0.05) is 0 Å². The number of rotatable bonds is 5. The summed E-state index contributed by atoms with van der Waals surface area (Å²) in [5.41, 5.74) is -0.0211. The smallest absolute Gasteiger partial charge is 0.330 e. The number of carbonyl (C=O) groups is 1. The van der Waals surface area contributed by atoms with Gasteiger partial charge in [0.1, 0.15) is 11.3 Å². The molecule has 0 aliphatic rings. The van der Waals surface area contributed by atoms with Crippen molar-refractivity contribution in [3.8, 4) is 5.75 Å². The third kappa shape index (κ3) is 3.65. The summed E-state index contributed by atoms with van der Waals surface area (Å²) in [5, 5.41) is 3.14. The van der Waals surface area contributed by atoms with Crippen LogP contribution in [0.3, 0.4) is 0 Å². The Morgan fingerprint density at radius 1 is 1.28 bits per heavy atom. The monoisotopic (exact) mass is 251 g/mol. The van der Waals surface area contributed by atoms with Crippen LogP contribution in [0.25, 0.3) is 0 Å². The van der Waals surface area contributed by atoms with E-state index in [1.807, 2.05) is 38.1 Å². The van der Waals surface area contributed by atoms with E-state index in [-0.39, 0.29) is 12.1 Å². The van der Waals surface area contributed by atoms with E-state index < -0.39 is 5.54 Å². The molecule has 0 aliphatic carbocycles. The first kappa shape index (κ1) is 14.4. The molecule has 1 aromatic rings. The zero-order valence-electron chi connectivity index (χ0n) is 11.6. The minimum atomic E-state index is -0.800. The van der Waals surface area contributed by atoms with Gasteiger partial charge in [-0.25, -0.2) is 4.79 Å². The van der Waals surface area contributed by atoms with Gasteiger partial charge in [-0.3, -0.25) is 0 Å². The van der Waals surface area contributed by atoms with E-state index in [1.54, 1.807) is 13.8 Å². The van der Waals surface area contributed by atoms with Gasteiger partial charge in [-0.2, -0.15) is 0 Å². The molecule has 1 rings (SSSR count). The molecule has 0 aromatic heterocycles. The van der Waals surface area contributed by atoms with Crippen LogP contribution in [0.1, 0.15) is 27.7 Å². The fourth-order valence-corrected chi connectivity index (χ4v) is 1.57. The third-order valence-corrected chi connectivity index (χ3v) is 2.39. The van der Waals surface area contributed by atoms with Crippen LogP contribution in [0.4, 0.5) is 5.69 Å². The fourth-order valence-electron chi connectivity index (χ4n) is 1.57. The standard InChI is InChI=1S/C14H21NO3/c1-10(2)18-12-9-7-6-8-11(12)15-14(3,4)13(16)17-5/h6-10,15H,1-5H3. The van der Waals surface area contributed by atoms with Crippen LogP contribution in [0.15, 0.2) is 24.3 Å². The number of anilines is 1. The molecule has 1 N–H and O–H groups in total. The molecule has 0 unspecified atom stereocenters. The van der Waals surface area contributed by atoms with E-state index in [9.17, 15) is 4.79 Å². The maximum atomic E-state index is 11.6. The number of hydrogen-bond donors (Lipinski definition) is 1. The van der Waals surface area contributed by atoms with Gasteiger partial charge in [0.2, 0.25) is 0 Å². The molecule has 0 atom stereocenters. The van der Waals surface area contributed by atoms with E-state index >= 15 is 0 Å². The summed E-state index contributed by atoms with van der Waals surface area (Å²) in [6.45, 7) is 7.46. The van der Waals surface area contributed by atoms with E-state index in [4.69, 9.17) is 9.47 Å². The summed E-state index contributed by atoms with van der Waals surface area (Å²) < 4.78 is 10.5. The van der Waals surface area contributed by atoms with Gasteiger partial charge in [-0.15, -0.1) is 0 Å². The van der Waals surface area contributed by atoms with Crippen molar-refractivity contribution in [2.24, 2.45) is 0 Å². The predicted octanol–water partition coefficient (Wildman–Crippen LogP) is 2.84. The van der Waals surface area contributed by atoms with E-state index in [1.165, 1.54) is 7.11 Å². The Labute approximate surface area is 108 Å². The van der Waals surface area contributed by atoms with Crippen LogP contribution in [-0.4, -0.2) is 24.7 Å². The van der Waals surface area contributed by atoms with Gasteiger partial charge in [-0.1, -0.05) is 12.1 Å². The second kappa shape index (κ2) is 5.76. The lowest BCUT2D eigenvalue weighted by Crippen LogP contribution is -2.41. The van der Waals surface area contributed by atoms with Crippen molar-refractivity contribution >= 4 is 11.7 Å². The molecule has 0 bridgehead atoms. The molecule has 4 heteroatoms. The average molecular weight is 251 g/mol. The quantitative estimate of drug-likeness (QED) is 0.817. The molecule has 4 nitrogen and oxygen atoms in total. The Balaban J connectivity index is 2.93. The summed E-state index contributed by atoms with van der Waals surface area (Å²) in [4.78, 5) is 11.6. The third-order valence-electron chi connectivity index (χ3n) is 2.39. The number of methoxy groups -OCH3 is 1. The number of ether oxygens (including phenoxy) is 2. The van der Waals surface area contributed by atoms with Crippen molar-refractivity contribution in [1.29, 1.82) is 0 Å². The first-order valence-corrected chi connectivity index (χ1v) is 5.99. The molecule has 0 heterocycles. The summed E-state index contributed by atoms with van der Waals surface area (Å²) >= 11 is 0. The van der Waals surface area contributed by atoms with Crippen molar-refractivity contribution in [3.05, 3.63) is 24.3 Å². The van der Waals surface area contributed by atoms with Crippen molar-refractivity contribution in [2.45, 2.75) is 39.3 Å². The first-order valence-electron chi connectivity index (χ1n) is 5.99. The van der Waals surface area contributed by atoms with Crippen LogP contribution in [0.5, 0.6) is 5.75 Å². The lowest BCUT2D eigenvalue weighted by atomic mass is 10.1. The number of carbonyl (C=O) groups excluding carboxylic acids is 1. The van der Waals surface area contributed by atoms with Crippen LogP contribution in [-0.2, 0) is 9.53 Å². The van der Waals surface area contributed by atoms with Crippen molar-refractivity contribution < 1.29 is 14.3 Å². The summed E-state index contributed by atoms with van der Waals surface area (Å²) in [6.07, 6.45) is 0.0780. The molecule has 0 fully saturated rings. The van der Waals surface area contributed by atoms with Gasteiger partial charge < -0.3 is 14.8 Å². The lowest BCUT2D eigenvalue weighted by Gasteiger charge is -2.26. The molecule has 0 radical (unpaired) electrons. The average Bonchev–Trinajstić information content (AvgIpc) is 2.29. The lowest BCUT2D eigenvalue weighted by molar-refractivity contribution is -0.144. The van der Waals surface area contributed by atoms with Gasteiger partial charge in [-0.05, 0) is 39.8 Å². The summed E-state index contributed by atoms with van der Waals surface area (Å²) in [5.74, 6) is 0.409. The zero-order chi connectivity index (χ0) is 13.8. The molecule has 0 saturated heterocycles.